The standard InChI is InChI=1S/C15H13F3N2O3/c1-2-23-14(22)10(13(21)15(16,17)18)7-9-3-4-11-12(8-9)20-6-5-19-11/h3-6,8,10H,2,7H2,1H3. The number of alkyl halides is 3. The first-order chi connectivity index (χ1) is 10.8. The lowest BCUT2D eigenvalue weighted by molar-refractivity contribution is -0.180. The summed E-state index contributed by atoms with van der Waals surface area (Å²) in [5, 5.41) is 0. The van der Waals surface area contributed by atoms with E-state index in [1.165, 1.54) is 31.5 Å². The average molecular weight is 326 g/mol. The molecule has 2 aromatic rings. The topological polar surface area (TPSA) is 69.2 Å². The number of esters is 1. The van der Waals surface area contributed by atoms with Crippen LogP contribution in [0.1, 0.15) is 12.5 Å². The SMILES string of the molecule is CCOC(=O)C(Cc1ccc2nccnc2c1)C(=O)C(F)(F)F. The Balaban J connectivity index is 2.31. The Hall–Kier alpha value is -2.51. The van der Waals surface area contributed by atoms with Gasteiger partial charge in [-0.05, 0) is 31.0 Å². The lowest BCUT2D eigenvalue weighted by Crippen LogP contribution is -2.37. The molecule has 0 saturated carbocycles. The van der Waals surface area contributed by atoms with E-state index >= 15 is 0 Å². The van der Waals surface area contributed by atoms with E-state index in [0.717, 1.165) is 0 Å². The van der Waals surface area contributed by atoms with E-state index in [-0.39, 0.29) is 6.61 Å². The van der Waals surface area contributed by atoms with Gasteiger partial charge in [-0.15, -0.1) is 0 Å². The highest BCUT2D eigenvalue weighted by atomic mass is 19.4. The molecule has 1 aromatic heterocycles. The molecule has 0 bridgehead atoms. The van der Waals surface area contributed by atoms with Gasteiger partial charge in [-0.1, -0.05) is 6.07 Å². The molecule has 122 valence electrons. The number of ether oxygens (including phenoxy) is 1. The summed E-state index contributed by atoms with van der Waals surface area (Å²) in [6, 6.07) is 4.57. The number of Topliss-reactive ketones (excluding diaryl/α,β-unsaturated/α-hetero) is 1. The normalized spacial score (nSPS) is 12.9. The summed E-state index contributed by atoms with van der Waals surface area (Å²) in [4.78, 5) is 31.3. The quantitative estimate of drug-likeness (QED) is 0.624. The fourth-order valence-corrected chi connectivity index (χ4v) is 2.10. The number of ketones is 1. The van der Waals surface area contributed by atoms with Crippen molar-refractivity contribution in [3.05, 3.63) is 36.2 Å². The zero-order valence-corrected chi connectivity index (χ0v) is 12.1. The van der Waals surface area contributed by atoms with Crippen LogP contribution in [0.5, 0.6) is 0 Å². The Morgan fingerprint density at radius 3 is 2.43 bits per heavy atom. The Morgan fingerprint density at radius 1 is 1.17 bits per heavy atom. The zero-order valence-electron chi connectivity index (χ0n) is 12.1. The van der Waals surface area contributed by atoms with Gasteiger partial charge in [-0.25, -0.2) is 0 Å². The van der Waals surface area contributed by atoms with Gasteiger partial charge in [0, 0.05) is 12.4 Å². The van der Waals surface area contributed by atoms with E-state index in [0.29, 0.717) is 16.6 Å². The number of halogens is 3. The molecule has 1 unspecified atom stereocenters. The van der Waals surface area contributed by atoms with Gasteiger partial charge in [-0.3, -0.25) is 19.6 Å². The van der Waals surface area contributed by atoms with Crippen molar-refractivity contribution in [1.29, 1.82) is 0 Å². The Bertz CT molecular complexity index is 731. The van der Waals surface area contributed by atoms with E-state index in [2.05, 4.69) is 14.7 Å². The molecule has 1 aromatic carbocycles. The highest BCUT2D eigenvalue weighted by Crippen LogP contribution is 2.25. The summed E-state index contributed by atoms with van der Waals surface area (Å²) in [5.41, 5.74) is 1.40. The van der Waals surface area contributed by atoms with Gasteiger partial charge in [-0.2, -0.15) is 13.2 Å². The van der Waals surface area contributed by atoms with Crippen LogP contribution in [0.2, 0.25) is 0 Å². The highest BCUT2D eigenvalue weighted by Gasteiger charge is 2.46. The summed E-state index contributed by atoms with van der Waals surface area (Å²) in [7, 11) is 0. The van der Waals surface area contributed by atoms with E-state index in [4.69, 9.17) is 0 Å². The molecule has 8 heteroatoms. The van der Waals surface area contributed by atoms with E-state index in [1.807, 2.05) is 0 Å². The average Bonchev–Trinajstić information content (AvgIpc) is 2.51. The number of nitrogens with zero attached hydrogens (tertiary/aromatic N) is 2. The second-order valence-electron chi connectivity index (χ2n) is 4.75. The van der Waals surface area contributed by atoms with Crippen molar-refractivity contribution in [2.24, 2.45) is 5.92 Å². The summed E-state index contributed by atoms with van der Waals surface area (Å²) in [6.45, 7) is 1.35. The molecule has 1 atom stereocenters. The van der Waals surface area contributed by atoms with Crippen LogP contribution < -0.4 is 0 Å². The number of benzene rings is 1. The van der Waals surface area contributed by atoms with Crippen LogP contribution in [-0.4, -0.2) is 34.5 Å². The van der Waals surface area contributed by atoms with Crippen molar-refractivity contribution in [3.8, 4) is 0 Å². The van der Waals surface area contributed by atoms with E-state index < -0.39 is 30.3 Å². The summed E-state index contributed by atoms with van der Waals surface area (Å²) in [6.07, 6.45) is -2.59. The van der Waals surface area contributed by atoms with Crippen molar-refractivity contribution < 1.29 is 27.5 Å². The highest BCUT2D eigenvalue weighted by molar-refractivity contribution is 6.02. The molecule has 0 amide bonds. The first-order valence-corrected chi connectivity index (χ1v) is 6.80. The second-order valence-corrected chi connectivity index (χ2v) is 4.75. The Kier molecular flexibility index (Phi) is 4.92. The number of rotatable bonds is 5. The Morgan fingerprint density at radius 2 is 1.83 bits per heavy atom. The maximum Gasteiger partial charge on any atom is 0.450 e. The minimum atomic E-state index is -5.10. The molecule has 0 aliphatic carbocycles. The molecule has 0 saturated heterocycles. The molecule has 0 fully saturated rings. The molecular weight excluding hydrogens is 313 g/mol. The van der Waals surface area contributed by atoms with Crippen LogP contribution >= 0.6 is 0 Å². The number of aromatic nitrogens is 2. The molecular formula is C15H13F3N2O3. The third kappa shape index (κ3) is 4.02. The van der Waals surface area contributed by atoms with Crippen molar-refractivity contribution in [3.63, 3.8) is 0 Å². The third-order valence-electron chi connectivity index (χ3n) is 3.14. The first-order valence-electron chi connectivity index (χ1n) is 6.80. The van der Waals surface area contributed by atoms with Crippen LogP contribution in [0.15, 0.2) is 30.6 Å². The van der Waals surface area contributed by atoms with Gasteiger partial charge in [0.15, 0.2) is 0 Å². The maximum atomic E-state index is 12.7. The summed E-state index contributed by atoms with van der Waals surface area (Å²) in [5.74, 6) is -5.23. The molecule has 0 aliphatic heterocycles. The predicted molar refractivity (Wildman–Crippen MR) is 74.4 cm³/mol. The van der Waals surface area contributed by atoms with E-state index in [1.54, 1.807) is 6.07 Å². The third-order valence-corrected chi connectivity index (χ3v) is 3.14. The summed E-state index contributed by atoms with van der Waals surface area (Å²) < 4.78 is 42.6. The summed E-state index contributed by atoms with van der Waals surface area (Å²) >= 11 is 0. The number of carbonyl (C=O) groups excluding carboxylic acids is 2. The molecule has 0 aliphatic rings. The van der Waals surface area contributed by atoms with Gasteiger partial charge < -0.3 is 4.74 Å². The second kappa shape index (κ2) is 6.72. The molecule has 0 radical (unpaired) electrons. The van der Waals surface area contributed by atoms with Gasteiger partial charge in [0.25, 0.3) is 5.78 Å². The van der Waals surface area contributed by atoms with Gasteiger partial charge in [0.1, 0.15) is 5.92 Å². The number of carbonyl (C=O) groups is 2. The van der Waals surface area contributed by atoms with Gasteiger partial charge >= 0.3 is 12.1 Å². The van der Waals surface area contributed by atoms with Crippen LogP contribution in [0.3, 0.4) is 0 Å². The van der Waals surface area contributed by atoms with Gasteiger partial charge in [0.2, 0.25) is 0 Å². The minimum absolute atomic E-state index is 0.107. The molecule has 2 rings (SSSR count). The smallest absolute Gasteiger partial charge is 0.450 e. The van der Waals surface area contributed by atoms with Crippen LogP contribution in [0.4, 0.5) is 13.2 Å². The number of fused-ring (bicyclic) bond motifs is 1. The molecule has 0 N–H and O–H groups in total. The van der Waals surface area contributed by atoms with E-state index in [9.17, 15) is 22.8 Å². The number of hydrogen-bond acceptors (Lipinski definition) is 5. The fraction of sp³-hybridized carbons (Fsp3) is 0.333. The number of hydrogen-bond donors (Lipinski definition) is 0. The van der Waals surface area contributed by atoms with Crippen LogP contribution in [0, 0.1) is 5.92 Å². The van der Waals surface area contributed by atoms with Crippen LogP contribution in [0.25, 0.3) is 11.0 Å². The lowest BCUT2D eigenvalue weighted by Gasteiger charge is -2.16. The minimum Gasteiger partial charge on any atom is -0.465 e. The van der Waals surface area contributed by atoms with Crippen molar-refractivity contribution in [2.45, 2.75) is 19.5 Å². The lowest BCUT2D eigenvalue weighted by atomic mass is 9.94. The van der Waals surface area contributed by atoms with Gasteiger partial charge in [0.05, 0.1) is 17.6 Å². The van der Waals surface area contributed by atoms with Crippen molar-refractivity contribution in [2.75, 3.05) is 6.61 Å². The fourth-order valence-electron chi connectivity index (χ4n) is 2.10. The Labute approximate surface area is 129 Å². The molecule has 23 heavy (non-hydrogen) atoms. The zero-order chi connectivity index (χ0) is 17.0. The maximum absolute atomic E-state index is 12.7. The molecule has 0 spiro atoms. The molecule has 1 heterocycles. The van der Waals surface area contributed by atoms with Crippen molar-refractivity contribution in [1.82, 2.24) is 9.97 Å². The van der Waals surface area contributed by atoms with Crippen LogP contribution in [-0.2, 0) is 20.7 Å². The predicted octanol–water partition coefficient (Wildman–Crippen LogP) is 2.48. The van der Waals surface area contributed by atoms with Crippen molar-refractivity contribution >= 4 is 22.8 Å². The first kappa shape index (κ1) is 16.9. The molecule has 5 nitrogen and oxygen atoms in total. The largest absolute Gasteiger partial charge is 0.465 e. The monoisotopic (exact) mass is 326 g/mol.